The van der Waals surface area contributed by atoms with Gasteiger partial charge in [-0.05, 0) is 61.1 Å². The zero-order valence-electron chi connectivity index (χ0n) is 16.0. The first-order chi connectivity index (χ1) is 13.4. The number of likely N-dealkylation sites (N-methyl/N-ethyl adjacent to an activating group) is 1. The van der Waals surface area contributed by atoms with Crippen molar-refractivity contribution in [2.45, 2.75) is 13.0 Å². The summed E-state index contributed by atoms with van der Waals surface area (Å²) in [6.45, 7) is 2.20. The molecule has 146 valence electrons. The first-order valence-corrected chi connectivity index (χ1v) is 10.1. The molecule has 0 saturated carbocycles. The summed E-state index contributed by atoms with van der Waals surface area (Å²) in [4.78, 5) is 26.5. The maximum Gasteiger partial charge on any atom is 0.313 e. The summed E-state index contributed by atoms with van der Waals surface area (Å²) >= 11 is 7.74. The van der Waals surface area contributed by atoms with E-state index in [2.05, 4.69) is 28.1 Å². The molecule has 5 nitrogen and oxygen atoms in total. The van der Waals surface area contributed by atoms with Gasteiger partial charge in [0.1, 0.15) is 0 Å². The van der Waals surface area contributed by atoms with Gasteiger partial charge in [-0.3, -0.25) is 9.59 Å². The number of benzene rings is 2. The molecule has 1 atom stereocenters. The second-order valence-electron chi connectivity index (χ2n) is 6.79. The zero-order chi connectivity index (χ0) is 20.3. The lowest BCUT2D eigenvalue weighted by atomic mass is 10.0. The molecule has 28 heavy (non-hydrogen) atoms. The number of thiophene rings is 1. The van der Waals surface area contributed by atoms with Crippen molar-refractivity contribution >= 4 is 50.5 Å². The molecule has 2 aromatic carbocycles. The number of anilines is 1. The summed E-state index contributed by atoms with van der Waals surface area (Å²) in [5, 5.41) is 9.13. The molecule has 3 rings (SSSR count). The molecular formula is C21H22ClN3O2S. The molecule has 0 fully saturated rings. The smallest absolute Gasteiger partial charge is 0.313 e. The molecule has 0 unspecified atom stereocenters. The second-order valence-corrected chi connectivity index (χ2v) is 8.11. The predicted octanol–water partition coefficient (Wildman–Crippen LogP) is 4.22. The van der Waals surface area contributed by atoms with Gasteiger partial charge in [-0.1, -0.05) is 35.9 Å². The molecule has 2 amide bonds. The lowest BCUT2D eigenvalue weighted by Gasteiger charge is -2.24. The van der Waals surface area contributed by atoms with Crippen LogP contribution in [0, 0.1) is 6.92 Å². The van der Waals surface area contributed by atoms with Crippen LogP contribution < -0.4 is 10.6 Å². The van der Waals surface area contributed by atoms with Crippen LogP contribution in [0.15, 0.2) is 47.8 Å². The molecule has 0 aliphatic heterocycles. The third-order valence-corrected chi connectivity index (χ3v) is 5.97. The Morgan fingerprint density at radius 3 is 2.61 bits per heavy atom. The third kappa shape index (κ3) is 4.52. The maximum atomic E-state index is 12.3. The van der Waals surface area contributed by atoms with Gasteiger partial charge >= 0.3 is 11.8 Å². The first-order valence-electron chi connectivity index (χ1n) is 8.84. The molecule has 0 aliphatic rings. The lowest BCUT2D eigenvalue weighted by molar-refractivity contribution is -0.136. The number of fused-ring (bicyclic) bond motifs is 1. The van der Waals surface area contributed by atoms with Crippen LogP contribution in [-0.4, -0.2) is 37.4 Å². The molecule has 0 saturated heterocycles. The summed E-state index contributed by atoms with van der Waals surface area (Å²) in [5.41, 5.74) is 2.53. The van der Waals surface area contributed by atoms with E-state index in [-0.39, 0.29) is 6.04 Å². The largest absolute Gasteiger partial charge is 0.346 e. The highest BCUT2D eigenvalue weighted by Crippen LogP contribution is 2.32. The minimum Gasteiger partial charge on any atom is -0.346 e. The number of carbonyl (C=O) groups is 2. The monoisotopic (exact) mass is 415 g/mol. The third-order valence-electron chi connectivity index (χ3n) is 4.59. The van der Waals surface area contributed by atoms with E-state index in [1.165, 1.54) is 10.1 Å². The molecule has 2 N–H and O–H groups in total. The van der Waals surface area contributed by atoms with Gasteiger partial charge in [-0.2, -0.15) is 0 Å². The predicted molar refractivity (Wildman–Crippen MR) is 116 cm³/mol. The topological polar surface area (TPSA) is 61.4 Å². The van der Waals surface area contributed by atoms with Crippen molar-refractivity contribution in [3.8, 4) is 0 Å². The van der Waals surface area contributed by atoms with Crippen molar-refractivity contribution in [2.75, 3.05) is 26.0 Å². The first kappa shape index (κ1) is 20.3. The van der Waals surface area contributed by atoms with Crippen LogP contribution in [-0.2, 0) is 9.59 Å². The maximum absolute atomic E-state index is 12.3. The summed E-state index contributed by atoms with van der Waals surface area (Å²) < 4.78 is 1.20. The quantitative estimate of drug-likeness (QED) is 0.613. The van der Waals surface area contributed by atoms with Crippen LogP contribution >= 0.6 is 22.9 Å². The molecule has 1 heterocycles. The van der Waals surface area contributed by atoms with Gasteiger partial charge in [-0.25, -0.2) is 0 Å². The van der Waals surface area contributed by atoms with Crippen molar-refractivity contribution in [3.05, 3.63) is 64.0 Å². The summed E-state index contributed by atoms with van der Waals surface area (Å²) in [7, 11) is 3.91. The van der Waals surface area contributed by atoms with Gasteiger partial charge in [0, 0.05) is 22.0 Å². The van der Waals surface area contributed by atoms with Crippen molar-refractivity contribution in [1.82, 2.24) is 10.2 Å². The normalized spacial score (nSPS) is 12.2. The number of rotatable bonds is 5. The van der Waals surface area contributed by atoms with Crippen molar-refractivity contribution in [1.29, 1.82) is 0 Å². The molecule has 0 spiro atoms. The van der Waals surface area contributed by atoms with E-state index in [9.17, 15) is 9.59 Å². The number of halogens is 1. The number of hydrogen-bond donors (Lipinski definition) is 2. The van der Waals surface area contributed by atoms with Gasteiger partial charge in [0.15, 0.2) is 0 Å². The van der Waals surface area contributed by atoms with E-state index < -0.39 is 11.8 Å². The lowest BCUT2D eigenvalue weighted by Crippen LogP contribution is -2.40. The Bertz CT molecular complexity index is 1020. The van der Waals surface area contributed by atoms with E-state index >= 15 is 0 Å². The number of carbonyl (C=O) groups excluding carboxylic acids is 2. The van der Waals surface area contributed by atoms with E-state index in [1.807, 2.05) is 38.1 Å². The number of hydrogen-bond acceptors (Lipinski definition) is 4. The highest BCUT2D eigenvalue weighted by molar-refractivity contribution is 7.17. The Balaban J connectivity index is 1.67. The van der Waals surface area contributed by atoms with Gasteiger partial charge in [0.05, 0.1) is 6.04 Å². The average Bonchev–Trinajstić information content (AvgIpc) is 3.08. The number of nitrogens with zero attached hydrogens (tertiary/aromatic N) is 1. The van der Waals surface area contributed by atoms with Gasteiger partial charge < -0.3 is 15.5 Å². The summed E-state index contributed by atoms with van der Waals surface area (Å²) in [6.07, 6.45) is 0. The Hall–Kier alpha value is -2.41. The molecule has 0 radical (unpaired) electrons. The Kier molecular flexibility index (Phi) is 6.34. The van der Waals surface area contributed by atoms with Crippen molar-refractivity contribution in [2.24, 2.45) is 0 Å². The number of aryl methyl sites for hydroxylation is 1. The highest BCUT2D eigenvalue weighted by Gasteiger charge is 2.21. The molecular weight excluding hydrogens is 394 g/mol. The average molecular weight is 416 g/mol. The summed E-state index contributed by atoms with van der Waals surface area (Å²) in [5.74, 6) is -1.39. The van der Waals surface area contributed by atoms with E-state index in [0.29, 0.717) is 17.3 Å². The van der Waals surface area contributed by atoms with Gasteiger partial charge in [0.25, 0.3) is 0 Å². The Labute approximate surface area is 173 Å². The van der Waals surface area contributed by atoms with E-state index in [4.69, 9.17) is 11.6 Å². The second kappa shape index (κ2) is 8.73. The van der Waals surface area contributed by atoms with Crippen LogP contribution in [0.4, 0.5) is 5.69 Å². The van der Waals surface area contributed by atoms with Crippen LogP contribution in [0.1, 0.15) is 17.2 Å². The molecule has 7 heteroatoms. The van der Waals surface area contributed by atoms with Crippen molar-refractivity contribution < 1.29 is 9.59 Å². The van der Waals surface area contributed by atoms with Gasteiger partial charge in [0.2, 0.25) is 0 Å². The molecule has 0 aliphatic carbocycles. The highest BCUT2D eigenvalue weighted by atomic mass is 35.5. The van der Waals surface area contributed by atoms with Gasteiger partial charge in [-0.15, -0.1) is 11.3 Å². The minimum absolute atomic E-state index is 0.0401. The standard InChI is InChI=1S/C21H22ClN3O2S/c1-13-8-9-14(10-17(13)22)24-21(27)20(26)23-11-18(25(2)3)16-12-28-19-7-5-4-6-15(16)19/h4-10,12,18H,11H2,1-3H3,(H,23,26)(H,24,27)/t18-/m1/s1. The van der Waals surface area contributed by atoms with Crippen LogP contribution in [0.3, 0.4) is 0 Å². The van der Waals surface area contributed by atoms with Crippen LogP contribution in [0.2, 0.25) is 5.02 Å². The zero-order valence-corrected chi connectivity index (χ0v) is 17.5. The van der Waals surface area contributed by atoms with Crippen molar-refractivity contribution in [3.63, 3.8) is 0 Å². The Morgan fingerprint density at radius 2 is 1.89 bits per heavy atom. The number of amides is 2. The SMILES string of the molecule is Cc1ccc(NC(=O)C(=O)NC[C@H](c2csc3ccccc23)N(C)C)cc1Cl. The fraction of sp³-hybridized carbons (Fsp3) is 0.238. The minimum atomic E-state index is -0.715. The molecule has 3 aromatic rings. The van der Waals surface area contributed by atoms with Crippen LogP contribution in [0.25, 0.3) is 10.1 Å². The summed E-state index contributed by atoms with van der Waals surface area (Å²) in [6, 6.07) is 13.3. The number of nitrogens with one attached hydrogen (secondary N) is 2. The van der Waals surface area contributed by atoms with E-state index in [1.54, 1.807) is 29.5 Å². The molecule has 0 bridgehead atoms. The molecule has 1 aromatic heterocycles. The Morgan fingerprint density at radius 1 is 1.14 bits per heavy atom. The fourth-order valence-electron chi connectivity index (χ4n) is 2.96. The fourth-order valence-corrected chi connectivity index (χ4v) is 4.14. The van der Waals surface area contributed by atoms with E-state index in [0.717, 1.165) is 11.1 Å². The van der Waals surface area contributed by atoms with Crippen LogP contribution in [0.5, 0.6) is 0 Å².